The smallest absolute Gasteiger partial charge is 0.250 e. The second-order valence-corrected chi connectivity index (χ2v) is 5.77. The molecule has 2 atom stereocenters. The third-order valence-corrected chi connectivity index (χ3v) is 3.97. The highest BCUT2D eigenvalue weighted by molar-refractivity contribution is 5.87. The predicted octanol–water partition coefficient (Wildman–Crippen LogP) is 3.21. The maximum atomic E-state index is 7.75. The normalized spacial score (nSPS) is 20.2. The van der Waals surface area contributed by atoms with Crippen LogP contribution in [-0.2, 0) is 20.8 Å². The molecule has 1 fully saturated rings. The van der Waals surface area contributed by atoms with Gasteiger partial charge in [-0.15, -0.1) is 0 Å². The average Bonchev–Trinajstić information content (AvgIpc) is 3.25. The highest BCUT2D eigenvalue weighted by Gasteiger charge is 2.28. The van der Waals surface area contributed by atoms with Crippen molar-refractivity contribution in [1.29, 1.82) is 5.41 Å². The number of rotatable bonds is 7. The Kier molecular flexibility index (Phi) is 5.61. The topological polar surface area (TPSA) is 80.2 Å². The molecule has 2 heterocycles. The van der Waals surface area contributed by atoms with Gasteiger partial charge in [0, 0.05) is 0 Å². The lowest BCUT2D eigenvalue weighted by atomic mass is 10.1. The molecular weight excluding hydrogens is 306 g/mol. The van der Waals surface area contributed by atoms with Crippen LogP contribution < -0.4 is 0 Å². The van der Waals surface area contributed by atoms with Gasteiger partial charge in [-0.1, -0.05) is 30.3 Å². The largest absolute Gasteiger partial charge is 0.476 e. The van der Waals surface area contributed by atoms with E-state index in [1.165, 1.54) is 5.56 Å². The minimum Gasteiger partial charge on any atom is -0.476 e. The van der Waals surface area contributed by atoms with E-state index in [2.05, 4.69) is 22.1 Å². The van der Waals surface area contributed by atoms with Crippen LogP contribution in [0.3, 0.4) is 0 Å². The van der Waals surface area contributed by atoms with E-state index in [1.54, 1.807) is 6.20 Å². The van der Waals surface area contributed by atoms with E-state index in [1.807, 2.05) is 25.1 Å². The summed E-state index contributed by atoms with van der Waals surface area (Å²) in [5, 5.41) is 7.75. The molecule has 1 aromatic heterocycles. The number of ether oxygens (including phenoxy) is 3. The van der Waals surface area contributed by atoms with Gasteiger partial charge in [0.15, 0.2) is 5.82 Å². The summed E-state index contributed by atoms with van der Waals surface area (Å²) in [6.45, 7) is 3.49. The van der Waals surface area contributed by atoms with Crippen LogP contribution in [0.15, 0.2) is 36.5 Å². The van der Waals surface area contributed by atoms with Crippen LogP contribution in [0.4, 0.5) is 0 Å². The molecule has 0 aliphatic carbocycles. The van der Waals surface area contributed by atoms with E-state index in [4.69, 9.17) is 19.6 Å². The van der Waals surface area contributed by atoms with Gasteiger partial charge in [0.25, 0.3) is 0 Å². The van der Waals surface area contributed by atoms with E-state index in [-0.39, 0.29) is 18.1 Å². The van der Waals surface area contributed by atoms with Crippen molar-refractivity contribution in [2.75, 3.05) is 13.2 Å². The molecule has 0 bridgehead atoms. The summed E-state index contributed by atoms with van der Waals surface area (Å²) < 4.78 is 16.9. The molecule has 1 aliphatic heterocycles. The minimum absolute atomic E-state index is 0.0222. The van der Waals surface area contributed by atoms with Crippen molar-refractivity contribution in [3.63, 3.8) is 0 Å². The zero-order valence-electron chi connectivity index (χ0n) is 13.8. The number of nitrogens with one attached hydrogen (secondary N) is 2. The van der Waals surface area contributed by atoms with Crippen LogP contribution in [-0.4, -0.2) is 35.2 Å². The molecule has 24 heavy (non-hydrogen) atoms. The Morgan fingerprint density at radius 2 is 2.17 bits per heavy atom. The third-order valence-electron chi connectivity index (χ3n) is 3.97. The molecular formula is C18H23N3O3. The second-order valence-electron chi connectivity index (χ2n) is 5.77. The van der Waals surface area contributed by atoms with E-state index in [0.717, 1.165) is 18.5 Å². The quantitative estimate of drug-likeness (QED) is 0.604. The summed E-state index contributed by atoms with van der Waals surface area (Å²) in [5.74, 6) is 0.503. The fourth-order valence-corrected chi connectivity index (χ4v) is 2.77. The number of hydrogen-bond acceptors (Lipinski definition) is 5. The van der Waals surface area contributed by atoms with E-state index >= 15 is 0 Å². The Morgan fingerprint density at radius 1 is 1.33 bits per heavy atom. The fourth-order valence-electron chi connectivity index (χ4n) is 2.77. The number of H-pyrrole nitrogens is 1. The Labute approximate surface area is 141 Å². The molecule has 6 heteroatoms. The lowest BCUT2D eigenvalue weighted by Gasteiger charge is -2.13. The minimum atomic E-state index is -0.0222. The van der Waals surface area contributed by atoms with E-state index < -0.39 is 0 Å². The number of imidazole rings is 1. The highest BCUT2D eigenvalue weighted by Crippen LogP contribution is 2.32. The van der Waals surface area contributed by atoms with Crippen LogP contribution in [0, 0.1) is 5.41 Å². The zero-order chi connectivity index (χ0) is 16.8. The molecule has 0 saturated carbocycles. The van der Waals surface area contributed by atoms with Crippen molar-refractivity contribution >= 4 is 5.90 Å². The van der Waals surface area contributed by atoms with Gasteiger partial charge in [-0.3, -0.25) is 5.41 Å². The SMILES string of the molecule is CCOC(=N)c1ncc(C2CCC(COCc3ccccc3)O2)[nH]1. The van der Waals surface area contributed by atoms with Gasteiger partial charge in [-0.25, -0.2) is 4.98 Å². The first kappa shape index (κ1) is 16.7. The monoisotopic (exact) mass is 329 g/mol. The predicted molar refractivity (Wildman–Crippen MR) is 90.0 cm³/mol. The van der Waals surface area contributed by atoms with Crippen molar-refractivity contribution in [2.24, 2.45) is 0 Å². The number of aromatic amines is 1. The lowest BCUT2D eigenvalue weighted by molar-refractivity contribution is -0.0215. The van der Waals surface area contributed by atoms with Crippen LogP contribution in [0.25, 0.3) is 0 Å². The Morgan fingerprint density at radius 3 is 2.96 bits per heavy atom. The summed E-state index contributed by atoms with van der Waals surface area (Å²) in [4.78, 5) is 7.31. The molecule has 2 N–H and O–H groups in total. The third kappa shape index (κ3) is 4.21. The van der Waals surface area contributed by atoms with Crippen molar-refractivity contribution in [3.05, 3.63) is 53.6 Å². The van der Waals surface area contributed by atoms with Gasteiger partial charge >= 0.3 is 0 Å². The molecule has 0 spiro atoms. The maximum absolute atomic E-state index is 7.75. The van der Waals surface area contributed by atoms with E-state index in [9.17, 15) is 0 Å². The van der Waals surface area contributed by atoms with Gasteiger partial charge in [0.1, 0.15) is 0 Å². The van der Waals surface area contributed by atoms with Crippen LogP contribution in [0.1, 0.15) is 43.0 Å². The highest BCUT2D eigenvalue weighted by atomic mass is 16.5. The molecule has 6 nitrogen and oxygen atoms in total. The van der Waals surface area contributed by atoms with E-state index in [0.29, 0.717) is 25.6 Å². The Bertz CT molecular complexity index is 657. The zero-order valence-corrected chi connectivity index (χ0v) is 13.8. The van der Waals surface area contributed by atoms with Crippen molar-refractivity contribution in [2.45, 2.75) is 38.6 Å². The summed E-state index contributed by atoms with van der Waals surface area (Å²) in [5.41, 5.74) is 2.06. The van der Waals surface area contributed by atoms with Gasteiger partial charge in [-0.2, -0.15) is 0 Å². The molecule has 1 saturated heterocycles. The van der Waals surface area contributed by atoms with Crippen molar-refractivity contribution in [3.8, 4) is 0 Å². The number of aromatic nitrogens is 2. The fraction of sp³-hybridized carbons (Fsp3) is 0.444. The molecule has 128 valence electrons. The molecule has 0 radical (unpaired) electrons. The Hall–Kier alpha value is -2.18. The summed E-state index contributed by atoms with van der Waals surface area (Å²) >= 11 is 0. The molecule has 1 aromatic carbocycles. The summed E-state index contributed by atoms with van der Waals surface area (Å²) in [6, 6.07) is 10.1. The van der Waals surface area contributed by atoms with Crippen LogP contribution in [0.2, 0.25) is 0 Å². The molecule has 2 aromatic rings. The number of benzene rings is 1. The van der Waals surface area contributed by atoms with Gasteiger partial charge in [0.2, 0.25) is 5.90 Å². The first-order valence-corrected chi connectivity index (χ1v) is 8.30. The summed E-state index contributed by atoms with van der Waals surface area (Å²) in [7, 11) is 0. The standard InChI is InChI=1S/C18H23N3O3/c1-2-23-17(19)18-20-10-15(21-18)16-9-8-14(24-16)12-22-11-13-6-4-3-5-7-13/h3-7,10,14,16,19H,2,8-9,11-12H2,1H3,(H,20,21). The van der Waals surface area contributed by atoms with Crippen molar-refractivity contribution < 1.29 is 14.2 Å². The first-order chi connectivity index (χ1) is 11.8. The van der Waals surface area contributed by atoms with Crippen molar-refractivity contribution in [1.82, 2.24) is 9.97 Å². The lowest BCUT2D eigenvalue weighted by Crippen LogP contribution is -2.15. The van der Waals surface area contributed by atoms with Gasteiger partial charge in [-0.05, 0) is 25.3 Å². The molecule has 0 amide bonds. The van der Waals surface area contributed by atoms with Gasteiger partial charge in [0.05, 0.1) is 43.9 Å². The number of nitrogens with zero attached hydrogens (tertiary/aromatic N) is 1. The molecule has 1 aliphatic rings. The van der Waals surface area contributed by atoms with Crippen LogP contribution in [0.5, 0.6) is 0 Å². The average molecular weight is 329 g/mol. The maximum Gasteiger partial charge on any atom is 0.250 e. The van der Waals surface area contributed by atoms with Crippen LogP contribution >= 0.6 is 0 Å². The van der Waals surface area contributed by atoms with Gasteiger partial charge < -0.3 is 19.2 Å². The summed E-state index contributed by atoms with van der Waals surface area (Å²) in [6.07, 6.45) is 3.67. The first-order valence-electron chi connectivity index (χ1n) is 8.30. The molecule has 3 rings (SSSR count). The second kappa shape index (κ2) is 8.08. The molecule has 2 unspecified atom stereocenters. The Balaban J connectivity index is 1.46. The number of hydrogen-bond donors (Lipinski definition) is 2.